The Morgan fingerprint density at radius 1 is 1.27 bits per heavy atom. The molecule has 0 fully saturated rings. The number of methoxy groups -OCH3 is 1. The Hall–Kier alpha value is -2.97. The molecule has 0 unspecified atom stereocenters. The number of hydrogen-bond acceptors (Lipinski definition) is 5. The standard InChI is InChI=1S/C24H31ClN6O2/c1-15(14-33-6)11-21(27-23(32)19-13-20(24(2,3)4)30-31(19)5)26-22-12-18(28-29-22)16-7-9-17(25)10-8-16/h7-10,12-13,15H,11,14H2,1-6H3,(H2,26,27,28,29,32)/t15-/m1/s1. The van der Waals surface area contributed by atoms with Gasteiger partial charge in [0.05, 0.1) is 11.4 Å². The number of halogens is 1. The summed E-state index contributed by atoms with van der Waals surface area (Å²) in [5.74, 6) is 0.871. The van der Waals surface area contributed by atoms with Crippen molar-refractivity contribution in [3.05, 3.63) is 52.8 Å². The first-order valence-electron chi connectivity index (χ1n) is 10.8. The van der Waals surface area contributed by atoms with Crippen LogP contribution in [-0.2, 0) is 17.2 Å². The van der Waals surface area contributed by atoms with Gasteiger partial charge < -0.3 is 10.1 Å². The van der Waals surface area contributed by atoms with Gasteiger partial charge in [0, 0.05) is 43.7 Å². The topological polar surface area (TPSA) is 97.2 Å². The maximum atomic E-state index is 13.1. The molecule has 1 atom stereocenters. The monoisotopic (exact) mass is 470 g/mol. The average molecular weight is 471 g/mol. The fourth-order valence-corrected chi connectivity index (χ4v) is 3.45. The molecule has 9 heteroatoms. The van der Waals surface area contributed by atoms with Crippen LogP contribution in [-0.4, -0.2) is 45.4 Å². The van der Waals surface area contributed by atoms with Gasteiger partial charge in [0.25, 0.3) is 5.91 Å². The lowest BCUT2D eigenvalue weighted by atomic mass is 9.92. The van der Waals surface area contributed by atoms with Crippen molar-refractivity contribution in [2.75, 3.05) is 13.7 Å². The summed E-state index contributed by atoms with van der Waals surface area (Å²) in [6.07, 6.45) is 0.521. The van der Waals surface area contributed by atoms with Crippen molar-refractivity contribution in [3.8, 4) is 11.3 Å². The summed E-state index contributed by atoms with van der Waals surface area (Å²) in [4.78, 5) is 17.7. The summed E-state index contributed by atoms with van der Waals surface area (Å²) in [6.45, 7) is 8.77. The van der Waals surface area contributed by atoms with Crippen molar-refractivity contribution in [1.29, 1.82) is 0 Å². The van der Waals surface area contributed by atoms with E-state index in [1.54, 1.807) is 18.8 Å². The SMILES string of the molecule is COC[C@H](C)CC(=Nc1cc(-c2ccc(Cl)cc2)[nH]n1)NC(=O)c1cc(C(C)(C)C)nn1C. The molecule has 3 rings (SSSR count). The third-order valence-electron chi connectivity index (χ3n) is 5.10. The number of ether oxygens (including phenoxy) is 1. The number of aryl methyl sites for hydroxylation is 1. The molecule has 0 bridgehead atoms. The molecular weight excluding hydrogens is 440 g/mol. The van der Waals surface area contributed by atoms with Gasteiger partial charge in [-0.25, -0.2) is 4.99 Å². The van der Waals surface area contributed by atoms with Crippen LogP contribution in [0.4, 0.5) is 5.82 Å². The van der Waals surface area contributed by atoms with Crippen molar-refractivity contribution >= 4 is 29.2 Å². The number of aromatic nitrogens is 4. The second kappa shape index (κ2) is 10.3. The molecule has 176 valence electrons. The largest absolute Gasteiger partial charge is 0.384 e. The van der Waals surface area contributed by atoms with E-state index in [0.717, 1.165) is 17.0 Å². The second-order valence-electron chi connectivity index (χ2n) is 9.21. The Morgan fingerprint density at radius 2 is 1.97 bits per heavy atom. The van der Waals surface area contributed by atoms with Gasteiger partial charge in [0.2, 0.25) is 0 Å². The Balaban J connectivity index is 1.86. The number of H-pyrrole nitrogens is 1. The molecule has 2 heterocycles. The zero-order valence-electron chi connectivity index (χ0n) is 19.9. The molecule has 3 aromatic rings. The van der Waals surface area contributed by atoms with E-state index in [4.69, 9.17) is 16.3 Å². The van der Waals surface area contributed by atoms with Crippen molar-refractivity contribution in [2.24, 2.45) is 18.0 Å². The van der Waals surface area contributed by atoms with Gasteiger partial charge in [-0.1, -0.05) is 51.4 Å². The zero-order valence-corrected chi connectivity index (χ0v) is 20.7. The number of nitrogens with one attached hydrogen (secondary N) is 2. The Bertz CT molecular complexity index is 1120. The van der Waals surface area contributed by atoms with Gasteiger partial charge in [-0.3, -0.25) is 14.6 Å². The van der Waals surface area contributed by atoms with Gasteiger partial charge in [-0.2, -0.15) is 10.2 Å². The number of aliphatic imine (C=N–C) groups is 1. The molecule has 0 aliphatic rings. The fourth-order valence-electron chi connectivity index (χ4n) is 3.32. The molecule has 0 radical (unpaired) electrons. The first kappa shape index (κ1) is 24.7. The lowest BCUT2D eigenvalue weighted by Crippen LogP contribution is -2.33. The Morgan fingerprint density at radius 3 is 2.58 bits per heavy atom. The van der Waals surface area contributed by atoms with E-state index in [9.17, 15) is 4.79 Å². The van der Waals surface area contributed by atoms with E-state index < -0.39 is 0 Å². The highest BCUT2D eigenvalue weighted by atomic mass is 35.5. The van der Waals surface area contributed by atoms with Crippen LogP contribution in [0.25, 0.3) is 11.3 Å². The number of carbonyl (C=O) groups excluding carboxylic acids is 1. The number of hydrogen-bond donors (Lipinski definition) is 2. The van der Waals surface area contributed by atoms with Gasteiger partial charge in [0.1, 0.15) is 11.5 Å². The van der Waals surface area contributed by atoms with Crippen LogP contribution in [0.5, 0.6) is 0 Å². The summed E-state index contributed by atoms with van der Waals surface area (Å²) in [5.41, 5.74) is 2.91. The first-order chi connectivity index (χ1) is 15.6. The second-order valence-corrected chi connectivity index (χ2v) is 9.65. The van der Waals surface area contributed by atoms with Crippen LogP contribution in [0.1, 0.15) is 50.3 Å². The summed E-state index contributed by atoms with van der Waals surface area (Å²) in [6, 6.07) is 11.1. The van der Waals surface area contributed by atoms with Crippen molar-refractivity contribution < 1.29 is 9.53 Å². The van der Waals surface area contributed by atoms with E-state index in [-0.39, 0.29) is 17.2 Å². The molecule has 0 spiro atoms. The third-order valence-corrected chi connectivity index (χ3v) is 5.35. The Kier molecular flexibility index (Phi) is 7.71. The molecule has 0 saturated heterocycles. The van der Waals surface area contributed by atoms with Gasteiger partial charge >= 0.3 is 0 Å². The van der Waals surface area contributed by atoms with Crippen LogP contribution in [0.3, 0.4) is 0 Å². The van der Waals surface area contributed by atoms with E-state index in [2.05, 4.69) is 46.4 Å². The van der Waals surface area contributed by atoms with Crippen LogP contribution in [0.15, 0.2) is 41.4 Å². The average Bonchev–Trinajstić information content (AvgIpc) is 3.35. The predicted octanol–water partition coefficient (Wildman–Crippen LogP) is 4.89. The van der Waals surface area contributed by atoms with Crippen molar-refractivity contribution in [3.63, 3.8) is 0 Å². The minimum atomic E-state index is -0.266. The maximum Gasteiger partial charge on any atom is 0.274 e. The van der Waals surface area contributed by atoms with Gasteiger partial charge in [-0.05, 0) is 29.7 Å². The highest BCUT2D eigenvalue weighted by Crippen LogP contribution is 2.24. The lowest BCUT2D eigenvalue weighted by molar-refractivity contribution is 0.0966. The predicted molar refractivity (Wildman–Crippen MR) is 131 cm³/mol. The van der Waals surface area contributed by atoms with Crippen LogP contribution in [0.2, 0.25) is 5.02 Å². The number of amides is 1. The number of rotatable bonds is 7. The zero-order chi connectivity index (χ0) is 24.2. The van der Waals surface area contributed by atoms with E-state index in [1.807, 2.05) is 43.3 Å². The van der Waals surface area contributed by atoms with Crippen LogP contribution >= 0.6 is 11.6 Å². The number of nitrogens with zero attached hydrogens (tertiary/aromatic N) is 4. The molecule has 2 N–H and O–H groups in total. The molecular formula is C24H31ClN6O2. The molecule has 33 heavy (non-hydrogen) atoms. The third kappa shape index (κ3) is 6.52. The normalized spacial score (nSPS) is 13.2. The highest BCUT2D eigenvalue weighted by Gasteiger charge is 2.23. The van der Waals surface area contributed by atoms with Gasteiger partial charge in [-0.15, -0.1) is 0 Å². The summed E-state index contributed by atoms with van der Waals surface area (Å²) in [7, 11) is 3.42. The molecule has 2 aromatic heterocycles. The first-order valence-corrected chi connectivity index (χ1v) is 11.2. The molecule has 0 aliphatic carbocycles. The minimum Gasteiger partial charge on any atom is -0.384 e. The highest BCUT2D eigenvalue weighted by molar-refractivity contribution is 6.30. The molecule has 1 aromatic carbocycles. The van der Waals surface area contributed by atoms with Crippen LogP contribution < -0.4 is 5.32 Å². The number of benzene rings is 1. The van der Waals surface area contributed by atoms with Gasteiger partial charge in [0.15, 0.2) is 5.82 Å². The number of aromatic amines is 1. The maximum absolute atomic E-state index is 13.1. The van der Waals surface area contributed by atoms with E-state index in [1.165, 1.54) is 0 Å². The summed E-state index contributed by atoms with van der Waals surface area (Å²) < 4.78 is 6.86. The summed E-state index contributed by atoms with van der Waals surface area (Å²) >= 11 is 5.98. The van der Waals surface area contributed by atoms with Crippen LogP contribution in [0, 0.1) is 5.92 Å². The molecule has 1 amide bonds. The van der Waals surface area contributed by atoms with E-state index in [0.29, 0.717) is 35.4 Å². The summed E-state index contributed by atoms with van der Waals surface area (Å²) in [5, 5.41) is 15.4. The molecule has 8 nitrogen and oxygen atoms in total. The quantitative estimate of drug-likeness (QED) is 0.379. The lowest BCUT2D eigenvalue weighted by Gasteiger charge is -2.14. The smallest absolute Gasteiger partial charge is 0.274 e. The molecule has 0 saturated carbocycles. The van der Waals surface area contributed by atoms with Crippen molar-refractivity contribution in [1.82, 2.24) is 25.3 Å². The van der Waals surface area contributed by atoms with Crippen molar-refractivity contribution in [2.45, 2.75) is 39.5 Å². The Labute approximate surface area is 199 Å². The minimum absolute atomic E-state index is 0.153. The van der Waals surface area contributed by atoms with E-state index >= 15 is 0 Å². The fraction of sp³-hybridized carbons (Fsp3) is 0.417. The molecule has 0 aliphatic heterocycles. The number of carbonyl (C=O) groups is 1. The number of amidine groups is 1.